The molecule has 0 unspecified atom stereocenters. The van der Waals surface area contributed by atoms with Gasteiger partial charge in [-0.2, -0.15) is 0 Å². The maximum Gasteiger partial charge on any atom is 0.268 e. The minimum absolute atomic E-state index is 0.0204. The number of amides is 1. The summed E-state index contributed by atoms with van der Waals surface area (Å²) >= 11 is 3.43. The van der Waals surface area contributed by atoms with Crippen LogP contribution in [0.4, 0.5) is 5.69 Å². The molecule has 1 aliphatic carbocycles. The van der Waals surface area contributed by atoms with Gasteiger partial charge in [0.1, 0.15) is 5.75 Å². The van der Waals surface area contributed by atoms with E-state index in [9.17, 15) is 4.79 Å². The molecule has 3 nitrogen and oxygen atoms in total. The van der Waals surface area contributed by atoms with Gasteiger partial charge in [0.2, 0.25) is 0 Å². The van der Waals surface area contributed by atoms with Crippen molar-refractivity contribution in [1.82, 2.24) is 0 Å². The second kappa shape index (κ2) is 4.02. The van der Waals surface area contributed by atoms with Crippen molar-refractivity contribution in [2.24, 2.45) is 0 Å². The van der Waals surface area contributed by atoms with Crippen LogP contribution in [0.25, 0.3) is 0 Å². The van der Waals surface area contributed by atoms with Crippen molar-refractivity contribution in [3.8, 4) is 5.75 Å². The molecule has 1 aromatic carbocycles. The lowest BCUT2D eigenvalue weighted by molar-refractivity contribution is -0.135. The summed E-state index contributed by atoms with van der Waals surface area (Å²) in [5.74, 6) is 0.799. The molecule has 1 saturated carbocycles. The molecule has 17 heavy (non-hydrogen) atoms. The summed E-state index contributed by atoms with van der Waals surface area (Å²) in [7, 11) is 0. The van der Waals surface area contributed by atoms with Crippen LogP contribution in [-0.2, 0) is 4.79 Å². The molecule has 0 aromatic heterocycles. The molecule has 0 bridgehead atoms. The standard InChI is InChI=1S/C13H14BrNO2/c14-9-4-5-10-11(8-9)17-13(12(16)15-10)6-2-1-3-7-13/h4-5,8H,1-3,6-7H2,(H,15,16). The van der Waals surface area contributed by atoms with E-state index in [2.05, 4.69) is 21.2 Å². The van der Waals surface area contributed by atoms with Gasteiger partial charge in [-0.05, 0) is 43.9 Å². The molecule has 0 atom stereocenters. The zero-order valence-electron chi connectivity index (χ0n) is 9.46. The van der Waals surface area contributed by atoms with E-state index in [0.717, 1.165) is 41.6 Å². The molecule has 1 amide bonds. The summed E-state index contributed by atoms with van der Waals surface area (Å²) in [5.41, 5.74) is 0.154. The van der Waals surface area contributed by atoms with Crippen LogP contribution >= 0.6 is 15.9 Å². The van der Waals surface area contributed by atoms with E-state index in [-0.39, 0.29) is 5.91 Å². The van der Waals surface area contributed by atoms with E-state index in [0.29, 0.717) is 0 Å². The van der Waals surface area contributed by atoms with E-state index in [4.69, 9.17) is 4.74 Å². The molecule has 4 heteroatoms. The van der Waals surface area contributed by atoms with Gasteiger partial charge in [0.25, 0.3) is 5.91 Å². The highest BCUT2D eigenvalue weighted by molar-refractivity contribution is 9.10. The van der Waals surface area contributed by atoms with Crippen molar-refractivity contribution in [1.29, 1.82) is 0 Å². The van der Waals surface area contributed by atoms with E-state index >= 15 is 0 Å². The highest BCUT2D eigenvalue weighted by Crippen LogP contribution is 2.41. The second-order valence-electron chi connectivity index (χ2n) is 4.75. The highest BCUT2D eigenvalue weighted by Gasteiger charge is 2.45. The minimum atomic E-state index is -0.619. The van der Waals surface area contributed by atoms with Gasteiger partial charge in [0, 0.05) is 4.47 Å². The number of fused-ring (bicyclic) bond motifs is 1. The number of carbonyl (C=O) groups excluding carboxylic acids is 1. The Morgan fingerprint density at radius 2 is 2.00 bits per heavy atom. The zero-order valence-corrected chi connectivity index (χ0v) is 11.0. The van der Waals surface area contributed by atoms with Gasteiger partial charge in [-0.15, -0.1) is 0 Å². The Bertz CT molecular complexity index is 466. The predicted octanol–water partition coefficient (Wildman–Crippen LogP) is 3.48. The van der Waals surface area contributed by atoms with Crippen molar-refractivity contribution >= 4 is 27.5 Å². The predicted molar refractivity (Wildman–Crippen MR) is 69.2 cm³/mol. The van der Waals surface area contributed by atoms with Crippen LogP contribution in [0.2, 0.25) is 0 Å². The first-order chi connectivity index (χ1) is 8.20. The Balaban J connectivity index is 1.98. The number of halogens is 1. The zero-order chi connectivity index (χ0) is 11.9. The lowest BCUT2D eigenvalue weighted by Gasteiger charge is -2.39. The molecule has 0 saturated heterocycles. The molecule has 1 aromatic rings. The largest absolute Gasteiger partial charge is 0.475 e. The molecule has 90 valence electrons. The fraction of sp³-hybridized carbons (Fsp3) is 0.462. The van der Waals surface area contributed by atoms with E-state index < -0.39 is 5.60 Å². The molecule has 1 aliphatic heterocycles. The van der Waals surface area contributed by atoms with E-state index in [1.165, 1.54) is 6.42 Å². The van der Waals surface area contributed by atoms with Gasteiger partial charge in [-0.1, -0.05) is 22.4 Å². The first kappa shape index (κ1) is 11.1. The van der Waals surface area contributed by atoms with Crippen molar-refractivity contribution in [3.05, 3.63) is 22.7 Å². The molecule has 1 fully saturated rings. The fourth-order valence-electron chi connectivity index (χ4n) is 2.63. The van der Waals surface area contributed by atoms with Crippen molar-refractivity contribution in [3.63, 3.8) is 0 Å². The average Bonchev–Trinajstić information content (AvgIpc) is 2.32. The normalized spacial score (nSPS) is 21.6. The van der Waals surface area contributed by atoms with Gasteiger partial charge in [0.05, 0.1) is 5.69 Å². The van der Waals surface area contributed by atoms with Crippen LogP contribution in [0.1, 0.15) is 32.1 Å². The fourth-order valence-corrected chi connectivity index (χ4v) is 2.97. The number of anilines is 1. The molecule has 3 rings (SSSR count). The second-order valence-corrected chi connectivity index (χ2v) is 5.67. The topological polar surface area (TPSA) is 38.3 Å². The summed E-state index contributed by atoms with van der Waals surface area (Å²) < 4.78 is 6.98. The molecule has 1 N–H and O–H groups in total. The number of hydrogen-bond donors (Lipinski definition) is 1. The number of ether oxygens (including phenoxy) is 1. The Kier molecular flexibility index (Phi) is 2.62. The van der Waals surface area contributed by atoms with Gasteiger partial charge < -0.3 is 10.1 Å². The van der Waals surface area contributed by atoms with Gasteiger partial charge in [0.15, 0.2) is 5.60 Å². The maximum atomic E-state index is 12.2. The summed E-state index contributed by atoms with van der Waals surface area (Å²) in [5, 5.41) is 2.96. The number of nitrogens with one attached hydrogen (secondary N) is 1. The third-order valence-electron chi connectivity index (χ3n) is 3.57. The third kappa shape index (κ3) is 1.84. The van der Waals surface area contributed by atoms with Crippen LogP contribution in [0.5, 0.6) is 5.75 Å². The molecule has 1 spiro atoms. The number of benzene rings is 1. The Morgan fingerprint density at radius 3 is 2.76 bits per heavy atom. The summed E-state index contributed by atoms with van der Waals surface area (Å²) in [6.45, 7) is 0. The molecular formula is C13H14BrNO2. The van der Waals surface area contributed by atoms with Crippen molar-refractivity contribution in [2.75, 3.05) is 5.32 Å². The first-order valence-corrected chi connectivity index (χ1v) is 6.79. The highest BCUT2D eigenvalue weighted by atomic mass is 79.9. The minimum Gasteiger partial charge on any atom is -0.475 e. The number of hydrogen-bond acceptors (Lipinski definition) is 2. The smallest absolute Gasteiger partial charge is 0.268 e. The van der Waals surface area contributed by atoms with Crippen LogP contribution < -0.4 is 10.1 Å². The van der Waals surface area contributed by atoms with Gasteiger partial charge in [-0.3, -0.25) is 4.79 Å². The number of carbonyl (C=O) groups is 1. The maximum absolute atomic E-state index is 12.2. The van der Waals surface area contributed by atoms with Crippen molar-refractivity contribution < 1.29 is 9.53 Å². The molecular weight excluding hydrogens is 282 g/mol. The summed E-state index contributed by atoms with van der Waals surface area (Å²) in [6, 6.07) is 5.69. The third-order valence-corrected chi connectivity index (χ3v) is 4.07. The van der Waals surface area contributed by atoms with Crippen LogP contribution in [0.15, 0.2) is 22.7 Å². The Labute approximate surface area is 109 Å². The lowest BCUT2D eigenvalue weighted by Crippen LogP contribution is -2.51. The summed E-state index contributed by atoms with van der Waals surface area (Å²) in [6.07, 6.45) is 4.98. The Hall–Kier alpha value is -1.03. The molecule has 1 heterocycles. The van der Waals surface area contributed by atoms with E-state index in [1.54, 1.807) is 0 Å². The lowest BCUT2D eigenvalue weighted by atomic mass is 9.83. The SMILES string of the molecule is O=C1Nc2ccc(Br)cc2OC12CCCCC2. The summed E-state index contributed by atoms with van der Waals surface area (Å²) in [4.78, 5) is 12.2. The van der Waals surface area contributed by atoms with Gasteiger partial charge >= 0.3 is 0 Å². The monoisotopic (exact) mass is 295 g/mol. The quantitative estimate of drug-likeness (QED) is 0.796. The first-order valence-electron chi connectivity index (χ1n) is 6.00. The Morgan fingerprint density at radius 1 is 1.24 bits per heavy atom. The van der Waals surface area contributed by atoms with Crippen LogP contribution in [-0.4, -0.2) is 11.5 Å². The molecule has 2 aliphatic rings. The van der Waals surface area contributed by atoms with Crippen LogP contribution in [0.3, 0.4) is 0 Å². The average molecular weight is 296 g/mol. The van der Waals surface area contributed by atoms with Gasteiger partial charge in [-0.25, -0.2) is 0 Å². The van der Waals surface area contributed by atoms with Crippen molar-refractivity contribution in [2.45, 2.75) is 37.7 Å². The van der Waals surface area contributed by atoms with Crippen LogP contribution in [0, 0.1) is 0 Å². The van der Waals surface area contributed by atoms with E-state index in [1.807, 2.05) is 18.2 Å². The molecule has 0 radical (unpaired) electrons. The number of rotatable bonds is 0.